The second-order valence-electron chi connectivity index (χ2n) is 12.6. The van der Waals surface area contributed by atoms with Crippen LogP contribution in [0.1, 0.15) is 101 Å². The van der Waals surface area contributed by atoms with Gasteiger partial charge in [-0.05, 0) is 100.0 Å². The molecule has 0 heterocycles. The van der Waals surface area contributed by atoms with Crippen LogP contribution in [0.25, 0.3) is 0 Å². The van der Waals surface area contributed by atoms with Gasteiger partial charge in [-0.3, -0.25) is 4.79 Å². The first-order chi connectivity index (χ1) is 21.2. The van der Waals surface area contributed by atoms with E-state index in [-0.39, 0.29) is 12.6 Å². The molecule has 0 fully saturated rings. The van der Waals surface area contributed by atoms with E-state index < -0.39 is 5.60 Å². The minimum atomic E-state index is -0.606. The van der Waals surface area contributed by atoms with Gasteiger partial charge in [-0.25, -0.2) is 0 Å². The van der Waals surface area contributed by atoms with Crippen molar-refractivity contribution in [3.63, 3.8) is 0 Å². The molecule has 0 aliphatic carbocycles. The highest BCUT2D eigenvalue weighted by atomic mass is 16.5. The lowest BCUT2D eigenvalue weighted by Crippen LogP contribution is -2.17. The number of aliphatic hydroxyl groups is 1. The summed E-state index contributed by atoms with van der Waals surface area (Å²) in [6, 6.07) is 0. The molecule has 1 N–H and O–H groups in total. The lowest BCUT2D eigenvalue weighted by molar-refractivity contribution is -0.139. The summed E-state index contributed by atoms with van der Waals surface area (Å²) in [6.07, 6.45) is 40.0. The molecule has 0 amide bonds. The zero-order valence-corrected chi connectivity index (χ0v) is 29.8. The van der Waals surface area contributed by atoms with Crippen LogP contribution in [0, 0.1) is 0 Å². The maximum absolute atomic E-state index is 11.4. The Kier molecular flexibility index (Phi) is 22.6. The molecule has 0 unspecified atom stereocenters. The smallest absolute Gasteiger partial charge is 0.302 e. The first kappa shape index (κ1) is 41.3. The van der Waals surface area contributed by atoms with Crippen LogP contribution < -0.4 is 0 Å². The molecule has 0 aromatic heterocycles. The van der Waals surface area contributed by atoms with Crippen molar-refractivity contribution in [2.75, 3.05) is 6.61 Å². The van der Waals surface area contributed by atoms with Crippen LogP contribution in [0.2, 0.25) is 0 Å². The fraction of sp³-hybridized carbons (Fsp3) is 0.405. The number of ether oxygens (including phenoxy) is 1. The maximum Gasteiger partial charge on any atom is 0.302 e. The third-order valence-electron chi connectivity index (χ3n) is 6.54. The van der Waals surface area contributed by atoms with Crippen molar-refractivity contribution in [1.82, 2.24) is 0 Å². The van der Waals surface area contributed by atoms with E-state index in [2.05, 4.69) is 102 Å². The molecule has 0 aromatic rings. The number of esters is 1. The highest BCUT2D eigenvalue weighted by Crippen LogP contribution is 2.15. The highest BCUT2D eigenvalue weighted by molar-refractivity contribution is 5.66. The predicted octanol–water partition coefficient (Wildman–Crippen LogP) is 11.7. The first-order valence-corrected chi connectivity index (χ1v) is 16.1. The lowest BCUT2D eigenvalue weighted by Gasteiger charge is -2.16. The summed E-state index contributed by atoms with van der Waals surface area (Å²) in [5.41, 5.74) is 7.77. The number of allylic oxidation sites excluding steroid dienone is 22. The van der Waals surface area contributed by atoms with Gasteiger partial charge < -0.3 is 9.84 Å². The molecule has 0 bridgehead atoms. The van der Waals surface area contributed by atoms with E-state index in [9.17, 15) is 9.90 Å². The van der Waals surface area contributed by atoms with Crippen LogP contribution >= 0.6 is 0 Å². The van der Waals surface area contributed by atoms with Gasteiger partial charge >= 0.3 is 5.97 Å². The monoisotopic (exact) mass is 612 g/mol. The molecule has 0 atom stereocenters. The van der Waals surface area contributed by atoms with Crippen molar-refractivity contribution in [2.24, 2.45) is 0 Å². The third kappa shape index (κ3) is 28.8. The van der Waals surface area contributed by atoms with E-state index in [1.165, 1.54) is 29.2 Å². The van der Waals surface area contributed by atoms with Gasteiger partial charge in [-0.1, -0.05) is 137 Å². The summed E-state index contributed by atoms with van der Waals surface area (Å²) < 4.78 is 5.23. The van der Waals surface area contributed by atoms with Crippen molar-refractivity contribution in [3.05, 3.63) is 142 Å². The van der Waals surface area contributed by atoms with Gasteiger partial charge in [0.05, 0.1) is 5.60 Å². The van der Waals surface area contributed by atoms with E-state index in [1.54, 1.807) is 0 Å². The Morgan fingerprint density at radius 1 is 0.622 bits per heavy atom. The maximum atomic E-state index is 11.4. The first-order valence-electron chi connectivity index (χ1n) is 16.1. The van der Waals surface area contributed by atoms with Crippen LogP contribution in [0.15, 0.2) is 142 Å². The molecular weight excluding hydrogens is 552 g/mol. The van der Waals surface area contributed by atoms with Crippen molar-refractivity contribution in [2.45, 2.75) is 107 Å². The van der Waals surface area contributed by atoms with E-state index >= 15 is 0 Å². The molecule has 0 aromatic carbocycles. The molecule has 0 radical (unpaired) electrons. The summed E-state index contributed by atoms with van der Waals surface area (Å²) in [5.74, 6) is -0.303. The Labute approximate surface area is 275 Å². The van der Waals surface area contributed by atoms with E-state index in [4.69, 9.17) is 4.74 Å². The fourth-order valence-electron chi connectivity index (χ4n) is 3.85. The third-order valence-corrected chi connectivity index (χ3v) is 6.54. The van der Waals surface area contributed by atoms with Crippen LogP contribution in [0.5, 0.6) is 0 Å². The number of hydrogen-bond donors (Lipinski definition) is 1. The topological polar surface area (TPSA) is 46.5 Å². The summed E-state index contributed by atoms with van der Waals surface area (Å²) in [6.45, 7) is 20.1. The lowest BCUT2D eigenvalue weighted by atomic mass is 9.99. The van der Waals surface area contributed by atoms with Crippen LogP contribution in [0.3, 0.4) is 0 Å². The Hall–Kier alpha value is -3.69. The number of carbonyl (C=O) groups is 1. The molecule has 0 spiro atoms. The van der Waals surface area contributed by atoms with Crippen molar-refractivity contribution < 1.29 is 14.6 Å². The molecule has 0 aliphatic rings. The second-order valence-corrected chi connectivity index (χ2v) is 12.6. The SMILES string of the molecule is CC(=O)OCC(/C=C/C=C(C)/C=C/C=C(\C)CCCC(C)(C)O)=C/C=C/C=C(C)/C=C/C=C(C)/C=C/C=C(\C)CCC=C(C)C. The average molecular weight is 613 g/mol. The van der Waals surface area contributed by atoms with Gasteiger partial charge in [0, 0.05) is 6.92 Å². The summed E-state index contributed by atoms with van der Waals surface area (Å²) in [5, 5.41) is 9.85. The normalized spacial score (nSPS) is 15.1. The molecule has 3 heteroatoms. The molecule has 246 valence electrons. The van der Waals surface area contributed by atoms with Crippen molar-refractivity contribution in [1.29, 1.82) is 0 Å². The van der Waals surface area contributed by atoms with Gasteiger partial charge in [0.1, 0.15) is 6.61 Å². The highest BCUT2D eigenvalue weighted by Gasteiger charge is 2.10. The molecular formula is C42H60O3. The van der Waals surface area contributed by atoms with Crippen LogP contribution in [-0.4, -0.2) is 23.3 Å². The summed E-state index contributed by atoms with van der Waals surface area (Å²) >= 11 is 0. The average Bonchev–Trinajstić information content (AvgIpc) is 2.92. The molecule has 3 nitrogen and oxygen atoms in total. The number of carbonyl (C=O) groups excluding carboxylic acids is 1. The Bertz CT molecular complexity index is 1270. The summed E-state index contributed by atoms with van der Waals surface area (Å²) in [4.78, 5) is 11.4. The minimum absolute atomic E-state index is 0.218. The van der Waals surface area contributed by atoms with Gasteiger partial charge in [-0.15, -0.1) is 0 Å². The molecule has 0 aliphatic heterocycles. The van der Waals surface area contributed by atoms with Gasteiger partial charge in [-0.2, -0.15) is 0 Å². The van der Waals surface area contributed by atoms with Crippen molar-refractivity contribution in [3.8, 4) is 0 Å². The Morgan fingerprint density at radius 3 is 1.60 bits per heavy atom. The van der Waals surface area contributed by atoms with Crippen molar-refractivity contribution >= 4 is 5.97 Å². The molecule has 0 saturated carbocycles. The van der Waals surface area contributed by atoms with E-state index in [0.29, 0.717) is 0 Å². The fourth-order valence-corrected chi connectivity index (χ4v) is 3.85. The van der Waals surface area contributed by atoms with Crippen LogP contribution in [-0.2, 0) is 9.53 Å². The molecule has 0 rings (SSSR count). The standard InChI is InChI=1S/C42H60O3/c1-34(2)19-13-21-36(4)23-15-25-37(5)24-14-22-35(3)20-11-12-30-41(33-45-40(8)43)31-17-28-38(6)26-16-27-39(7)29-18-32-42(9,10)44/h11-12,14-17,19-20,22-28,30-31,44H,13,18,21,29,32-33H2,1-10H3/b12-11+,22-14+,25-15+,26-16+,31-17+,35-20+,36-23+,37-24+,38-28+,39-27+,41-30+. The largest absolute Gasteiger partial charge is 0.461 e. The van der Waals surface area contributed by atoms with Gasteiger partial charge in [0.15, 0.2) is 0 Å². The second kappa shape index (κ2) is 24.6. The zero-order valence-electron chi connectivity index (χ0n) is 29.8. The van der Waals surface area contributed by atoms with Gasteiger partial charge in [0.25, 0.3) is 0 Å². The minimum Gasteiger partial charge on any atom is -0.461 e. The van der Waals surface area contributed by atoms with E-state index in [1.807, 2.05) is 63.3 Å². The summed E-state index contributed by atoms with van der Waals surface area (Å²) in [7, 11) is 0. The Morgan fingerprint density at radius 2 is 1.09 bits per heavy atom. The quantitative estimate of drug-likeness (QED) is 0.0896. The molecule has 45 heavy (non-hydrogen) atoms. The van der Waals surface area contributed by atoms with Crippen LogP contribution in [0.4, 0.5) is 0 Å². The van der Waals surface area contributed by atoms with Gasteiger partial charge in [0.2, 0.25) is 0 Å². The number of rotatable bonds is 19. The Balaban J connectivity index is 5.15. The predicted molar refractivity (Wildman–Crippen MR) is 198 cm³/mol. The molecule has 0 saturated heterocycles. The number of hydrogen-bond acceptors (Lipinski definition) is 3. The van der Waals surface area contributed by atoms with E-state index in [0.717, 1.165) is 48.8 Å². The zero-order chi connectivity index (χ0) is 34.1.